The van der Waals surface area contributed by atoms with Gasteiger partial charge in [0.25, 0.3) is 0 Å². The zero-order valence-electron chi connectivity index (χ0n) is 20.5. The Morgan fingerprint density at radius 3 is 2.53 bits per heavy atom. The first kappa shape index (κ1) is 26.2. The number of aromatic nitrogens is 3. The topological polar surface area (TPSA) is 128 Å². The van der Waals surface area contributed by atoms with Crippen molar-refractivity contribution in [2.24, 2.45) is 0 Å². The lowest BCUT2D eigenvalue weighted by atomic mass is 9.93. The third-order valence-corrected chi connectivity index (χ3v) is 8.09. The normalized spacial score (nSPS) is 19.0. The fraction of sp³-hybridized carbons (Fsp3) is 0.500. The molecule has 1 amide bonds. The lowest BCUT2D eigenvalue weighted by Crippen LogP contribution is -2.41. The predicted molar refractivity (Wildman–Crippen MR) is 130 cm³/mol. The smallest absolute Gasteiger partial charge is 0.410 e. The lowest BCUT2D eigenvalue weighted by Gasteiger charge is -2.33. The van der Waals surface area contributed by atoms with Gasteiger partial charge in [-0.25, -0.2) is 36.4 Å². The number of likely N-dealkylation sites (tertiary alicyclic amines) is 1. The van der Waals surface area contributed by atoms with E-state index >= 15 is 0 Å². The number of carbonyl (C=O) groups is 1. The minimum Gasteiger partial charge on any atom is -0.446 e. The van der Waals surface area contributed by atoms with E-state index in [2.05, 4.69) is 20.4 Å². The second kappa shape index (κ2) is 10.0. The highest BCUT2D eigenvalue weighted by Crippen LogP contribution is 2.36. The van der Waals surface area contributed by atoms with Gasteiger partial charge in [0.1, 0.15) is 29.5 Å². The third kappa shape index (κ3) is 5.54. The lowest BCUT2D eigenvalue weighted by molar-refractivity contribution is -0.0693. The molecule has 14 heteroatoms. The average molecular weight is 554 g/mol. The summed E-state index contributed by atoms with van der Waals surface area (Å²) in [6.07, 6.45) is 2.18. The van der Waals surface area contributed by atoms with Crippen molar-refractivity contribution in [3.63, 3.8) is 0 Å². The van der Waals surface area contributed by atoms with Gasteiger partial charge >= 0.3 is 6.09 Å². The predicted octanol–water partition coefficient (Wildman–Crippen LogP) is 4.80. The van der Waals surface area contributed by atoms with Crippen molar-refractivity contribution >= 4 is 38.5 Å². The Labute approximate surface area is 216 Å². The SMILES string of the molecule is CS(=O)(=O)c1ccc(Nc2ncnc3c(C4CCN(C(=O)OC5CCC(F)(F)CC5)CC4)noc23)c(F)c1. The number of hydrogen-bond donors (Lipinski definition) is 1. The number of amides is 1. The summed E-state index contributed by atoms with van der Waals surface area (Å²) in [5.41, 5.74) is 1.24. The van der Waals surface area contributed by atoms with Crippen molar-refractivity contribution in [3.05, 3.63) is 36.0 Å². The van der Waals surface area contributed by atoms with Crippen LogP contribution in [-0.2, 0) is 14.6 Å². The Hall–Kier alpha value is -3.42. The molecule has 0 unspecified atom stereocenters. The molecule has 2 aromatic heterocycles. The maximum atomic E-state index is 14.6. The number of benzene rings is 1. The van der Waals surface area contributed by atoms with E-state index in [1.54, 1.807) is 4.90 Å². The van der Waals surface area contributed by atoms with E-state index in [0.29, 0.717) is 37.1 Å². The molecule has 0 spiro atoms. The Bertz CT molecular complexity index is 1450. The minimum absolute atomic E-state index is 0.00357. The average Bonchev–Trinajstić information content (AvgIpc) is 3.31. The number of carbonyl (C=O) groups excluding carboxylic acids is 1. The highest BCUT2D eigenvalue weighted by Gasteiger charge is 2.37. The molecule has 1 aliphatic carbocycles. The molecule has 1 N–H and O–H groups in total. The van der Waals surface area contributed by atoms with Crippen molar-refractivity contribution in [1.82, 2.24) is 20.0 Å². The minimum atomic E-state index is -3.56. The molecule has 3 heterocycles. The van der Waals surface area contributed by atoms with E-state index in [-0.39, 0.29) is 53.6 Å². The van der Waals surface area contributed by atoms with Gasteiger partial charge in [0.15, 0.2) is 15.7 Å². The molecule has 2 aliphatic rings. The Kier molecular flexibility index (Phi) is 6.92. The monoisotopic (exact) mass is 553 g/mol. The zero-order valence-corrected chi connectivity index (χ0v) is 21.3. The summed E-state index contributed by atoms with van der Waals surface area (Å²) in [4.78, 5) is 22.4. The maximum absolute atomic E-state index is 14.6. The number of piperidine rings is 1. The number of anilines is 2. The van der Waals surface area contributed by atoms with Crippen LogP contribution in [-0.4, -0.2) is 65.9 Å². The van der Waals surface area contributed by atoms with Crippen LogP contribution >= 0.6 is 0 Å². The first-order valence-corrected chi connectivity index (χ1v) is 14.1. The highest BCUT2D eigenvalue weighted by molar-refractivity contribution is 7.90. The molecule has 10 nitrogen and oxygen atoms in total. The molecular formula is C24H26F3N5O5S. The number of nitrogens with one attached hydrogen (secondary N) is 1. The maximum Gasteiger partial charge on any atom is 0.410 e. The number of rotatable bonds is 5. The van der Waals surface area contributed by atoms with Crippen molar-refractivity contribution in [3.8, 4) is 0 Å². The van der Waals surface area contributed by atoms with Crippen LogP contribution in [0.1, 0.15) is 50.1 Å². The quantitative estimate of drug-likeness (QED) is 0.474. The number of halogens is 3. The van der Waals surface area contributed by atoms with Crippen molar-refractivity contribution < 1.29 is 35.6 Å². The second-order valence-electron chi connectivity index (χ2n) is 9.71. The first-order chi connectivity index (χ1) is 18.0. The van der Waals surface area contributed by atoms with Gasteiger partial charge in [0.05, 0.1) is 10.6 Å². The van der Waals surface area contributed by atoms with E-state index < -0.39 is 33.8 Å². The van der Waals surface area contributed by atoms with Gasteiger partial charge in [-0.2, -0.15) is 0 Å². The van der Waals surface area contributed by atoms with Crippen LogP contribution in [0.3, 0.4) is 0 Å². The number of hydrogen-bond acceptors (Lipinski definition) is 9. The number of sulfone groups is 1. The van der Waals surface area contributed by atoms with Gasteiger partial charge in [0, 0.05) is 38.1 Å². The summed E-state index contributed by atoms with van der Waals surface area (Å²) in [6, 6.07) is 3.50. The van der Waals surface area contributed by atoms with Crippen LogP contribution in [0.15, 0.2) is 33.9 Å². The Balaban J connectivity index is 1.24. The van der Waals surface area contributed by atoms with Crippen molar-refractivity contribution in [1.29, 1.82) is 0 Å². The molecule has 5 rings (SSSR count). The Morgan fingerprint density at radius 2 is 1.87 bits per heavy atom. The summed E-state index contributed by atoms with van der Waals surface area (Å²) >= 11 is 0. The molecule has 3 aromatic rings. The van der Waals surface area contributed by atoms with Crippen LogP contribution in [0.25, 0.3) is 11.1 Å². The number of nitrogens with zero attached hydrogens (tertiary/aromatic N) is 4. The number of alkyl halides is 2. The van der Waals surface area contributed by atoms with E-state index in [4.69, 9.17) is 9.26 Å². The van der Waals surface area contributed by atoms with Gasteiger partial charge < -0.3 is 19.5 Å². The van der Waals surface area contributed by atoms with E-state index in [0.717, 1.165) is 12.3 Å². The second-order valence-corrected chi connectivity index (χ2v) is 11.7. The summed E-state index contributed by atoms with van der Waals surface area (Å²) in [7, 11) is -3.56. The standard InChI is InChI=1S/C24H26F3N5O5S/c1-38(34,35)16-2-3-18(17(25)12-16)30-22-21-20(28-13-29-22)19(31-37-21)14-6-10-32(11-7-14)23(33)36-15-4-8-24(26,27)9-5-15/h2-3,12-15H,4-11H2,1H3,(H,28,29,30). The summed E-state index contributed by atoms with van der Waals surface area (Å²) < 4.78 is 75.5. The fourth-order valence-electron chi connectivity index (χ4n) is 4.78. The summed E-state index contributed by atoms with van der Waals surface area (Å²) in [5, 5.41) is 6.98. The third-order valence-electron chi connectivity index (χ3n) is 6.97. The molecule has 1 aromatic carbocycles. The molecule has 1 saturated carbocycles. The fourth-order valence-corrected chi connectivity index (χ4v) is 5.41. The molecule has 0 radical (unpaired) electrons. The Morgan fingerprint density at radius 1 is 1.16 bits per heavy atom. The van der Waals surface area contributed by atoms with Gasteiger partial charge in [0.2, 0.25) is 11.5 Å². The van der Waals surface area contributed by atoms with Crippen molar-refractivity contribution in [2.75, 3.05) is 24.7 Å². The molecular weight excluding hydrogens is 527 g/mol. The van der Waals surface area contributed by atoms with E-state index in [1.165, 1.54) is 18.5 Å². The van der Waals surface area contributed by atoms with Crippen LogP contribution in [0.5, 0.6) is 0 Å². The molecule has 1 saturated heterocycles. The van der Waals surface area contributed by atoms with Gasteiger partial charge in [-0.3, -0.25) is 0 Å². The summed E-state index contributed by atoms with van der Waals surface area (Å²) in [6.45, 7) is 0.795. The van der Waals surface area contributed by atoms with Crippen LogP contribution in [0.4, 0.5) is 29.5 Å². The van der Waals surface area contributed by atoms with Crippen LogP contribution in [0, 0.1) is 5.82 Å². The largest absolute Gasteiger partial charge is 0.446 e. The number of ether oxygens (including phenoxy) is 1. The molecule has 0 atom stereocenters. The molecule has 38 heavy (non-hydrogen) atoms. The first-order valence-electron chi connectivity index (χ1n) is 12.2. The zero-order chi connectivity index (χ0) is 27.1. The van der Waals surface area contributed by atoms with Gasteiger partial charge in [-0.05, 0) is 43.9 Å². The van der Waals surface area contributed by atoms with Crippen molar-refractivity contribution in [2.45, 2.75) is 61.4 Å². The van der Waals surface area contributed by atoms with E-state index in [1.807, 2.05) is 0 Å². The molecule has 1 aliphatic heterocycles. The molecule has 204 valence electrons. The highest BCUT2D eigenvalue weighted by atomic mass is 32.2. The van der Waals surface area contributed by atoms with Gasteiger partial charge in [-0.15, -0.1) is 0 Å². The van der Waals surface area contributed by atoms with Crippen LogP contribution in [0.2, 0.25) is 0 Å². The number of fused-ring (bicyclic) bond motifs is 1. The van der Waals surface area contributed by atoms with Crippen LogP contribution < -0.4 is 5.32 Å². The van der Waals surface area contributed by atoms with E-state index in [9.17, 15) is 26.4 Å². The summed E-state index contributed by atoms with van der Waals surface area (Å²) in [5.74, 6) is -3.36. The molecule has 2 fully saturated rings. The molecule has 0 bridgehead atoms. The van der Waals surface area contributed by atoms with Gasteiger partial charge in [-0.1, -0.05) is 5.16 Å².